The Morgan fingerprint density at radius 1 is 1.18 bits per heavy atom. The van der Waals surface area contributed by atoms with E-state index in [0.717, 1.165) is 7.11 Å². The average Bonchev–Trinajstić information content (AvgIpc) is 2.99. The van der Waals surface area contributed by atoms with Crippen molar-refractivity contribution in [1.29, 1.82) is 0 Å². The van der Waals surface area contributed by atoms with Crippen LogP contribution in [-0.2, 0) is 21.3 Å². The summed E-state index contributed by atoms with van der Waals surface area (Å²) in [6.07, 6.45) is 0. The number of ether oxygens (including phenoxy) is 2. The number of rotatable bonds is 4. The third-order valence-electron chi connectivity index (χ3n) is 5.01. The number of fused-ring (bicyclic) bond motifs is 1. The fraction of sp³-hybridized carbons (Fsp3) is 0.368. The maximum Gasteiger partial charge on any atom is 0.340 e. The Labute approximate surface area is 160 Å². The number of aromatic nitrogens is 1. The van der Waals surface area contributed by atoms with Crippen molar-refractivity contribution in [2.24, 2.45) is 7.05 Å². The minimum atomic E-state index is -1.37. The number of allylic oxidation sites excluding steroid dienone is 2. The van der Waals surface area contributed by atoms with E-state index in [9.17, 15) is 24.3 Å². The second-order valence-corrected chi connectivity index (χ2v) is 6.51. The zero-order valence-electron chi connectivity index (χ0n) is 15.8. The Bertz CT molecular complexity index is 961. The molecule has 0 radical (unpaired) electrons. The van der Waals surface area contributed by atoms with Gasteiger partial charge in [-0.15, -0.1) is 0 Å². The van der Waals surface area contributed by atoms with Crippen molar-refractivity contribution in [2.75, 3.05) is 33.4 Å². The SMILES string of the molecule is C=C(C(=O)O)c1c(C(=O)OC)c2c(n1C)C(=O)C(C)=C(N1CCOCC1)C2=O. The fourth-order valence-electron chi connectivity index (χ4n) is 3.67. The molecule has 28 heavy (non-hydrogen) atoms. The topological polar surface area (TPSA) is 115 Å². The second-order valence-electron chi connectivity index (χ2n) is 6.51. The summed E-state index contributed by atoms with van der Waals surface area (Å²) < 4.78 is 11.3. The quantitative estimate of drug-likeness (QED) is 0.597. The molecule has 148 valence electrons. The van der Waals surface area contributed by atoms with Crippen molar-refractivity contribution in [3.05, 3.63) is 40.4 Å². The van der Waals surface area contributed by atoms with E-state index in [4.69, 9.17) is 9.47 Å². The molecule has 0 aromatic carbocycles. The largest absolute Gasteiger partial charge is 0.478 e. The molecule has 1 aromatic rings. The highest BCUT2D eigenvalue weighted by molar-refractivity contribution is 6.30. The van der Waals surface area contributed by atoms with Gasteiger partial charge in [-0.2, -0.15) is 0 Å². The lowest BCUT2D eigenvalue weighted by Crippen LogP contribution is -2.41. The molecule has 9 heteroatoms. The van der Waals surface area contributed by atoms with Gasteiger partial charge in [0.15, 0.2) is 0 Å². The van der Waals surface area contributed by atoms with Gasteiger partial charge in [0.2, 0.25) is 11.6 Å². The van der Waals surface area contributed by atoms with E-state index in [2.05, 4.69) is 6.58 Å². The zero-order chi connectivity index (χ0) is 20.7. The van der Waals surface area contributed by atoms with Gasteiger partial charge in [-0.05, 0) is 6.92 Å². The normalized spacial score (nSPS) is 16.9. The van der Waals surface area contributed by atoms with Crippen LogP contribution in [-0.4, -0.2) is 71.5 Å². The van der Waals surface area contributed by atoms with Crippen LogP contribution in [0.2, 0.25) is 0 Å². The Hall–Kier alpha value is -3.20. The molecule has 1 saturated heterocycles. The van der Waals surface area contributed by atoms with Crippen molar-refractivity contribution in [2.45, 2.75) is 6.92 Å². The summed E-state index contributed by atoms with van der Waals surface area (Å²) >= 11 is 0. The summed E-state index contributed by atoms with van der Waals surface area (Å²) in [6.45, 7) is 6.71. The Balaban J connectivity index is 2.29. The lowest BCUT2D eigenvalue weighted by Gasteiger charge is -2.33. The fourth-order valence-corrected chi connectivity index (χ4v) is 3.67. The predicted molar refractivity (Wildman–Crippen MR) is 97.2 cm³/mol. The number of aliphatic carboxylic acids is 1. The summed E-state index contributed by atoms with van der Waals surface area (Å²) in [7, 11) is 2.54. The zero-order valence-corrected chi connectivity index (χ0v) is 15.8. The number of hydrogen-bond donors (Lipinski definition) is 1. The number of carboxylic acid groups (broad SMARTS) is 1. The van der Waals surface area contributed by atoms with Crippen molar-refractivity contribution in [3.8, 4) is 0 Å². The van der Waals surface area contributed by atoms with Crippen LogP contribution >= 0.6 is 0 Å². The third-order valence-corrected chi connectivity index (χ3v) is 5.01. The first-order chi connectivity index (χ1) is 13.2. The first-order valence-corrected chi connectivity index (χ1v) is 8.58. The van der Waals surface area contributed by atoms with Gasteiger partial charge in [0.25, 0.3) is 0 Å². The minimum absolute atomic E-state index is 0.0442. The monoisotopic (exact) mass is 388 g/mol. The van der Waals surface area contributed by atoms with Crippen molar-refractivity contribution >= 4 is 29.1 Å². The van der Waals surface area contributed by atoms with E-state index in [1.54, 1.807) is 11.8 Å². The summed E-state index contributed by atoms with van der Waals surface area (Å²) in [4.78, 5) is 52.2. The van der Waals surface area contributed by atoms with Crippen LogP contribution in [0, 0.1) is 0 Å². The van der Waals surface area contributed by atoms with Crippen LogP contribution in [0.5, 0.6) is 0 Å². The molecule has 0 bridgehead atoms. The Morgan fingerprint density at radius 2 is 1.79 bits per heavy atom. The molecule has 1 aliphatic heterocycles. The maximum atomic E-state index is 13.4. The number of hydrogen-bond acceptors (Lipinski definition) is 7. The number of Topliss-reactive ketones (excluding diaryl/α,β-unsaturated/α-hetero) is 2. The molecular weight excluding hydrogens is 368 g/mol. The highest BCUT2D eigenvalue weighted by Crippen LogP contribution is 2.36. The van der Waals surface area contributed by atoms with Crippen LogP contribution in [0.25, 0.3) is 5.57 Å². The minimum Gasteiger partial charge on any atom is -0.478 e. The smallest absolute Gasteiger partial charge is 0.340 e. The summed E-state index contributed by atoms with van der Waals surface area (Å²) in [5, 5.41) is 9.37. The third kappa shape index (κ3) is 2.75. The van der Waals surface area contributed by atoms with Crippen molar-refractivity contribution in [1.82, 2.24) is 9.47 Å². The number of carbonyl (C=O) groups is 4. The number of ketones is 2. The van der Waals surface area contributed by atoms with Gasteiger partial charge in [-0.25, -0.2) is 9.59 Å². The van der Waals surface area contributed by atoms with Gasteiger partial charge in [0.1, 0.15) is 5.69 Å². The predicted octanol–water partition coefficient (Wildman–Crippen LogP) is 0.895. The van der Waals surface area contributed by atoms with E-state index in [1.165, 1.54) is 11.6 Å². The van der Waals surface area contributed by atoms with Crippen LogP contribution in [0.1, 0.15) is 43.8 Å². The highest BCUT2D eigenvalue weighted by atomic mass is 16.5. The second kappa shape index (κ2) is 7.08. The number of esters is 1. The van der Waals surface area contributed by atoms with Crippen molar-refractivity contribution < 1.29 is 33.8 Å². The van der Waals surface area contributed by atoms with Gasteiger partial charge < -0.3 is 24.0 Å². The molecule has 9 nitrogen and oxygen atoms in total. The first-order valence-electron chi connectivity index (χ1n) is 8.58. The van der Waals surface area contributed by atoms with E-state index < -0.39 is 29.1 Å². The standard InChI is InChI=1S/C19H20N2O7/c1-9-14(21-5-7-28-8-6-21)17(23)11-12(19(26)27-4)13(10(2)18(24)25)20(3)15(11)16(9)22/h2,5-8H2,1,3-4H3,(H,24,25). The van der Waals surface area contributed by atoms with Gasteiger partial charge in [0, 0.05) is 25.7 Å². The van der Waals surface area contributed by atoms with Crippen LogP contribution in [0.3, 0.4) is 0 Å². The molecule has 2 aliphatic rings. The van der Waals surface area contributed by atoms with Crippen LogP contribution < -0.4 is 0 Å². The molecule has 1 fully saturated rings. The molecule has 0 atom stereocenters. The van der Waals surface area contributed by atoms with E-state index in [0.29, 0.717) is 26.3 Å². The van der Waals surface area contributed by atoms with Crippen LogP contribution in [0.15, 0.2) is 17.8 Å². The Kier molecular flexibility index (Phi) is 4.95. The molecular formula is C19H20N2O7. The first kappa shape index (κ1) is 19.6. The van der Waals surface area contributed by atoms with Gasteiger partial charge in [-0.3, -0.25) is 9.59 Å². The van der Waals surface area contributed by atoms with E-state index in [-0.39, 0.29) is 33.8 Å². The number of methoxy groups -OCH3 is 1. The molecule has 2 heterocycles. The Morgan fingerprint density at radius 3 is 2.32 bits per heavy atom. The molecule has 1 N–H and O–H groups in total. The van der Waals surface area contributed by atoms with Crippen molar-refractivity contribution in [3.63, 3.8) is 0 Å². The van der Waals surface area contributed by atoms with E-state index >= 15 is 0 Å². The molecule has 0 amide bonds. The lowest BCUT2D eigenvalue weighted by atomic mass is 9.89. The molecule has 1 aliphatic carbocycles. The number of morpholine rings is 1. The van der Waals surface area contributed by atoms with Gasteiger partial charge in [0.05, 0.1) is 48.4 Å². The maximum absolute atomic E-state index is 13.4. The molecule has 3 rings (SSSR count). The number of carbonyl (C=O) groups excluding carboxylic acids is 3. The molecule has 0 saturated carbocycles. The summed E-state index contributed by atoms with van der Waals surface area (Å²) in [5.74, 6) is -3.25. The van der Waals surface area contributed by atoms with Gasteiger partial charge in [-0.1, -0.05) is 6.58 Å². The number of nitrogens with zero attached hydrogens (tertiary/aromatic N) is 2. The highest BCUT2D eigenvalue weighted by Gasteiger charge is 2.42. The number of carboxylic acids is 1. The molecule has 0 unspecified atom stereocenters. The average molecular weight is 388 g/mol. The lowest BCUT2D eigenvalue weighted by molar-refractivity contribution is -0.130. The molecule has 1 aromatic heterocycles. The molecule has 0 spiro atoms. The summed E-state index contributed by atoms with van der Waals surface area (Å²) in [6, 6.07) is 0. The van der Waals surface area contributed by atoms with Crippen LogP contribution in [0.4, 0.5) is 0 Å². The summed E-state index contributed by atoms with van der Waals surface area (Å²) in [5.41, 5.74) is -0.552. The van der Waals surface area contributed by atoms with Gasteiger partial charge >= 0.3 is 11.9 Å². The van der Waals surface area contributed by atoms with E-state index in [1.807, 2.05) is 0 Å².